The maximum Gasteiger partial charge on any atom is 0.303 e. The van der Waals surface area contributed by atoms with E-state index in [1.54, 1.807) is 0 Å². The minimum Gasteiger partial charge on any atom is -0.507 e. The molecule has 0 aliphatic heterocycles. The number of aromatic hydroxyl groups is 1. The third-order valence-electron chi connectivity index (χ3n) is 3.41. The van der Waals surface area contributed by atoms with Crippen LogP contribution in [0.25, 0.3) is 0 Å². The second kappa shape index (κ2) is 6.79. The van der Waals surface area contributed by atoms with E-state index in [4.69, 9.17) is 5.11 Å². The number of hydrogen-bond donors (Lipinski definition) is 2. The van der Waals surface area contributed by atoms with Gasteiger partial charge in [0.15, 0.2) is 0 Å². The molecule has 1 aromatic carbocycles. The molecular formula is C17H26O3P. The van der Waals surface area contributed by atoms with Crippen molar-refractivity contribution in [1.29, 1.82) is 0 Å². The standard InChI is InChI=1S/C17H26O3.P/c1-16(2,3)12-9-11(7-8-14(18)19)10-13(15(12)20)17(4,5)6;/h9-10,20H,7-8H2,1-6H3,(H,18,19);. The lowest BCUT2D eigenvalue weighted by Crippen LogP contribution is -2.18. The largest absolute Gasteiger partial charge is 0.507 e. The minimum atomic E-state index is -0.798. The van der Waals surface area contributed by atoms with Gasteiger partial charge >= 0.3 is 5.97 Å². The van der Waals surface area contributed by atoms with Crippen LogP contribution in [-0.4, -0.2) is 16.2 Å². The predicted octanol–water partition coefficient (Wildman–Crippen LogP) is 4.87. The number of benzene rings is 1. The molecule has 0 atom stereocenters. The van der Waals surface area contributed by atoms with Crippen molar-refractivity contribution < 1.29 is 15.0 Å². The molecule has 0 aliphatic rings. The van der Waals surface area contributed by atoms with Crippen molar-refractivity contribution in [2.24, 2.45) is 0 Å². The summed E-state index contributed by atoms with van der Waals surface area (Å²) in [4.78, 5) is 10.8. The number of aryl methyl sites for hydroxylation is 1. The van der Waals surface area contributed by atoms with Crippen LogP contribution in [-0.2, 0) is 22.0 Å². The Bertz CT molecular complexity index is 473. The summed E-state index contributed by atoms with van der Waals surface area (Å²) in [6.45, 7) is 12.3. The Morgan fingerprint density at radius 3 is 1.67 bits per heavy atom. The smallest absolute Gasteiger partial charge is 0.303 e. The van der Waals surface area contributed by atoms with Crippen LogP contribution in [0.2, 0.25) is 0 Å². The third-order valence-corrected chi connectivity index (χ3v) is 3.41. The summed E-state index contributed by atoms with van der Waals surface area (Å²) >= 11 is 0. The SMILES string of the molecule is CC(C)(C)c1cc(CCC(=O)O)cc(C(C)(C)C)c1O.[P]. The molecule has 0 saturated carbocycles. The minimum absolute atomic E-state index is 0. The highest BCUT2D eigenvalue weighted by Gasteiger charge is 2.26. The number of phenolic OH excluding ortho intramolecular Hbond substituents is 1. The van der Waals surface area contributed by atoms with Gasteiger partial charge in [-0.3, -0.25) is 4.79 Å². The Labute approximate surface area is 131 Å². The lowest BCUT2D eigenvalue weighted by atomic mass is 9.78. The Morgan fingerprint density at radius 2 is 1.38 bits per heavy atom. The molecule has 0 fully saturated rings. The van der Waals surface area contributed by atoms with E-state index in [0.29, 0.717) is 12.2 Å². The number of carboxylic acid groups (broad SMARTS) is 1. The average molecular weight is 309 g/mol. The molecule has 117 valence electrons. The molecule has 21 heavy (non-hydrogen) atoms. The molecule has 2 N–H and O–H groups in total. The van der Waals surface area contributed by atoms with E-state index < -0.39 is 5.97 Å². The Balaban J connectivity index is 0.00000400. The second-order valence-electron chi connectivity index (χ2n) is 7.43. The summed E-state index contributed by atoms with van der Waals surface area (Å²) in [5.74, 6) is -0.461. The lowest BCUT2D eigenvalue weighted by molar-refractivity contribution is -0.136. The monoisotopic (exact) mass is 309 g/mol. The topological polar surface area (TPSA) is 57.5 Å². The normalized spacial score (nSPS) is 11.9. The van der Waals surface area contributed by atoms with Gasteiger partial charge in [0.25, 0.3) is 0 Å². The van der Waals surface area contributed by atoms with Crippen LogP contribution in [0.15, 0.2) is 12.1 Å². The molecule has 1 aromatic rings. The van der Waals surface area contributed by atoms with E-state index in [0.717, 1.165) is 16.7 Å². The molecule has 3 radical (unpaired) electrons. The molecule has 0 aliphatic carbocycles. The number of rotatable bonds is 3. The maximum absolute atomic E-state index is 10.8. The maximum atomic E-state index is 10.8. The van der Waals surface area contributed by atoms with Crippen molar-refractivity contribution in [3.63, 3.8) is 0 Å². The van der Waals surface area contributed by atoms with Gasteiger partial charge in [0.2, 0.25) is 0 Å². The van der Waals surface area contributed by atoms with Gasteiger partial charge in [-0.25, -0.2) is 0 Å². The van der Waals surface area contributed by atoms with E-state index in [9.17, 15) is 9.90 Å². The fraction of sp³-hybridized carbons (Fsp3) is 0.588. The van der Waals surface area contributed by atoms with Crippen molar-refractivity contribution in [2.75, 3.05) is 0 Å². The highest BCUT2D eigenvalue weighted by atomic mass is 31.0. The molecule has 0 aromatic heterocycles. The first kappa shape index (κ1) is 19.9. The van der Waals surface area contributed by atoms with Crippen LogP contribution in [0.3, 0.4) is 0 Å². The number of carboxylic acids is 1. The van der Waals surface area contributed by atoms with Gasteiger partial charge in [-0.2, -0.15) is 0 Å². The quantitative estimate of drug-likeness (QED) is 0.783. The van der Waals surface area contributed by atoms with Gasteiger partial charge in [0.1, 0.15) is 5.75 Å². The van der Waals surface area contributed by atoms with Crippen LogP contribution in [0.5, 0.6) is 5.75 Å². The van der Waals surface area contributed by atoms with Crippen LogP contribution < -0.4 is 0 Å². The van der Waals surface area contributed by atoms with E-state index in [1.807, 2.05) is 12.1 Å². The van der Waals surface area contributed by atoms with Gasteiger partial charge in [-0.1, -0.05) is 53.7 Å². The molecular weight excluding hydrogens is 283 g/mol. The van der Waals surface area contributed by atoms with Crippen LogP contribution in [0.4, 0.5) is 0 Å². The molecule has 4 heteroatoms. The number of hydrogen-bond acceptors (Lipinski definition) is 2. The molecule has 3 nitrogen and oxygen atoms in total. The second-order valence-corrected chi connectivity index (χ2v) is 7.43. The summed E-state index contributed by atoms with van der Waals surface area (Å²) in [5.41, 5.74) is 2.38. The Hall–Kier alpha value is -1.08. The lowest BCUT2D eigenvalue weighted by Gasteiger charge is -2.28. The first-order chi connectivity index (χ1) is 8.93. The van der Waals surface area contributed by atoms with Crippen molar-refractivity contribution >= 4 is 15.9 Å². The zero-order valence-corrected chi connectivity index (χ0v) is 14.7. The van der Waals surface area contributed by atoms with Gasteiger partial charge in [-0.05, 0) is 33.9 Å². The zero-order valence-electron chi connectivity index (χ0n) is 13.8. The van der Waals surface area contributed by atoms with Crippen molar-refractivity contribution in [2.45, 2.75) is 65.2 Å². The van der Waals surface area contributed by atoms with Crippen molar-refractivity contribution in [1.82, 2.24) is 0 Å². The van der Waals surface area contributed by atoms with E-state index >= 15 is 0 Å². The molecule has 0 saturated heterocycles. The van der Waals surface area contributed by atoms with Crippen LogP contribution in [0.1, 0.15) is 64.7 Å². The first-order valence-electron chi connectivity index (χ1n) is 7.01. The summed E-state index contributed by atoms with van der Waals surface area (Å²) < 4.78 is 0. The third kappa shape index (κ3) is 5.32. The summed E-state index contributed by atoms with van der Waals surface area (Å²) in [5, 5.41) is 19.4. The van der Waals surface area contributed by atoms with Gasteiger partial charge in [0, 0.05) is 16.3 Å². The summed E-state index contributed by atoms with van der Waals surface area (Å²) in [7, 11) is 0. The van der Waals surface area contributed by atoms with Gasteiger partial charge < -0.3 is 10.2 Å². The van der Waals surface area contributed by atoms with Gasteiger partial charge in [-0.15, -0.1) is 0 Å². The molecule has 0 unspecified atom stereocenters. The van der Waals surface area contributed by atoms with E-state index in [-0.39, 0.29) is 27.1 Å². The highest BCUT2D eigenvalue weighted by Crippen LogP contribution is 2.39. The van der Waals surface area contributed by atoms with Gasteiger partial charge in [0.05, 0.1) is 0 Å². The summed E-state index contributed by atoms with van der Waals surface area (Å²) in [6.07, 6.45) is 0.597. The number of phenols is 1. The van der Waals surface area contributed by atoms with Crippen LogP contribution in [0, 0.1) is 0 Å². The fourth-order valence-electron chi connectivity index (χ4n) is 2.23. The molecule has 0 spiro atoms. The van der Waals surface area contributed by atoms with E-state index in [2.05, 4.69) is 41.5 Å². The molecule has 0 amide bonds. The Kier molecular flexibility index (Phi) is 6.44. The highest BCUT2D eigenvalue weighted by molar-refractivity contribution is 6.92. The number of carbonyl (C=O) groups is 1. The molecule has 0 heterocycles. The van der Waals surface area contributed by atoms with Crippen LogP contribution >= 0.6 is 9.90 Å². The molecule has 1 rings (SSSR count). The zero-order chi connectivity index (χ0) is 15.7. The Morgan fingerprint density at radius 1 is 1.00 bits per heavy atom. The number of aliphatic carboxylic acids is 1. The van der Waals surface area contributed by atoms with Crippen molar-refractivity contribution in [3.05, 3.63) is 28.8 Å². The summed E-state index contributed by atoms with van der Waals surface area (Å²) in [6, 6.07) is 3.88. The van der Waals surface area contributed by atoms with Crippen molar-refractivity contribution in [3.8, 4) is 5.75 Å². The fourth-order valence-corrected chi connectivity index (χ4v) is 2.23. The average Bonchev–Trinajstić information content (AvgIpc) is 2.24. The predicted molar refractivity (Wildman–Crippen MR) is 88.4 cm³/mol. The first-order valence-corrected chi connectivity index (χ1v) is 7.01. The molecule has 0 bridgehead atoms. The van der Waals surface area contributed by atoms with E-state index in [1.165, 1.54) is 0 Å².